The zero-order valence-electron chi connectivity index (χ0n) is 18.8. The molecule has 0 unspecified atom stereocenters. The maximum Gasteiger partial charge on any atom is 0.260 e. The third-order valence-corrected chi connectivity index (χ3v) is 6.52. The van der Waals surface area contributed by atoms with Gasteiger partial charge in [-0.1, -0.05) is 0 Å². The van der Waals surface area contributed by atoms with E-state index in [0.29, 0.717) is 17.4 Å². The fourth-order valence-electron chi connectivity index (χ4n) is 4.56. The molecule has 1 amide bonds. The lowest BCUT2D eigenvalue weighted by Gasteiger charge is -2.28. The van der Waals surface area contributed by atoms with E-state index in [0.717, 1.165) is 58.9 Å². The molecule has 0 bridgehead atoms. The second-order valence-electron chi connectivity index (χ2n) is 8.81. The molecule has 1 aliphatic rings. The number of hydrogen-bond acceptors (Lipinski definition) is 6. The summed E-state index contributed by atoms with van der Waals surface area (Å²) in [7, 11) is 2.13. The number of aromatic nitrogens is 6. The number of anilines is 1. The van der Waals surface area contributed by atoms with Gasteiger partial charge in [-0.05, 0) is 51.2 Å². The van der Waals surface area contributed by atoms with E-state index in [1.165, 1.54) is 0 Å². The van der Waals surface area contributed by atoms with Crippen LogP contribution in [0.3, 0.4) is 0 Å². The number of piperidine rings is 1. The molecule has 0 aliphatic carbocycles. The highest BCUT2D eigenvalue weighted by molar-refractivity contribution is 6.04. The van der Waals surface area contributed by atoms with Gasteiger partial charge in [0, 0.05) is 46.7 Å². The molecule has 6 rings (SSSR count). The molecule has 9 nitrogen and oxygen atoms in total. The number of nitrogens with one attached hydrogen (secondary N) is 2. The maximum atomic E-state index is 12.9. The Morgan fingerprint density at radius 2 is 1.97 bits per heavy atom. The van der Waals surface area contributed by atoms with Gasteiger partial charge in [-0.15, -0.1) is 0 Å². The van der Waals surface area contributed by atoms with Crippen molar-refractivity contribution in [2.75, 3.05) is 25.5 Å². The molecular formula is C25H24N8O. The van der Waals surface area contributed by atoms with Gasteiger partial charge in [0.1, 0.15) is 5.82 Å². The van der Waals surface area contributed by atoms with Gasteiger partial charge in [-0.3, -0.25) is 19.4 Å². The van der Waals surface area contributed by atoms with E-state index in [4.69, 9.17) is 0 Å². The average Bonchev–Trinajstić information content (AvgIpc) is 3.54. The van der Waals surface area contributed by atoms with Crippen LogP contribution in [0.15, 0.2) is 61.6 Å². The van der Waals surface area contributed by atoms with Gasteiger partial charge in [-0.2, -0.15) is 5.10 Å². The van der Waals surface area contributed by atoms with Crippen LogP contribution < -0.4 is 5.32 Å². The Labute approximate surface area is 195 Å². The van der Waals surface area contributed by atoms with Crippen LogP contribution in [0.4, 0.5) is 5.82 Å². The zero-order chi connectivity index (χ0) is 23.1. The monoisotopic (exact) mass is 452 g/mol. The first-order chi connectivity index (χ1) is 16.6. The van der Waals surface area contributed by atoms with Crippen LogP contribution in [0.5, 0.6) is 0 Å². The number of aromatic amines is 1. The van der Waals surface area contributed by atoms with Crippen LogP contribution in [0.25, 0.3) is 32.9 Å². The summed E-state index contributed by atoms with van der Waals surface area (Å²) in [5, 5.41) is 9.31. The van der Waals surface area contributed by atoms with Gasteiger partial charge >= 0.3 is 0 Å². The van der Waals surface area contributed by atoms with Crippen LogP contribution in [0.1, 0.15) is 29.2 Å². The molecule has 0 atom stereocenters. The Kier molecular flexibility index (Phi) is 5.03. The summed E-state index contributed by atoms with van der Waals surface area (Å²) >= 11 is 0. The highest BCUT2D eigenvalue weighted by Gasteiger charge is 2.20. The van der Waals surface area contributed by atoms with Crippen molar-refractivity contribution in [1.82, 2.24) is 34.6 Å². The lowest BCUT2D eigenvalue weighted by molar-refractivity contribution is 0.102. The normalized spacial score (nSPS) is 15.2. The first-order valence-electron chi connectivity index (χ1n) is 11.4. The Hall–Kier alpha value is -4.11. The number of pyridine rings is 3. The van der Waals surface area contributed by atoms with Crippen LogP contribution >= 0.6 is 0 Å². The van der Waals surface area contributed by atoms with E-state index in [-0.39, 0.29) is 5.91 Å². The molecule has 1 aliphatic heterocycles. The van der Waals surface area contributed by atoms with Crippen molar-refractivity contribution in [1.29, 1.82) is 0 Å². The van der Waals surface area contributed by atoms with Gasteiger partial charge in [0.25, 0.3) is 5.91 Å². The van der Waals surface area contributed by atoms with Crippen molar-refractivity contribution in [3.63, 3.8) is 0 Å². The molecule has 6 heterocycles. The Morgan fingerprint density at radius 3 is 2.85 bits per heavy atom. The van der Waals surface area contributed by atoms with Crippen LogP contribution in [-0.4, -0.2) is 60.7 Å². The number of carbonyl (C=O) groups is 1. The second kappa shape index (κ2) is 8.35. The summed E-state index contributed by atoms with van der Waals surface area (Å²) in [6.07, 6.45) is 14.6. The second-order valence-corrected chi connectivity index (χ2v) is 8.81. The van der Waals surface area contributed by atoms with Crippen molar-refractivity contribution in [3.05, 3.63) is 67.1 Å². The molecule has 1 fully saturated rings. The molecular weight excluding hydrogens is 428 g/mol. The van der Waals surface area contributed by atoms with E-state index in [9.17, 15) is 4.79 Å². The summed E-state index contributed by atoms with van der Waals surface area (Å²) in [5.74, 6) is 0.248. The van der Waals surface area contributed by atoms with Crippen LogP contribution in [-0.2, 0) is 0 Å². The third kappa shape index (κ3) is 3.80. The highest BCUT2D eigenvalue weighted by Crippen LogP contribution is 2.29. The molecule has 5 aromatic heterocycles. The molecule has 170 valence electrons. The van der Waals surface area contributed by atoms with E-state index >= 15 is 0 Å². The fourth-order valence-corrected chi connectivity index (χ4v) is 4.56. The standard InChI is InChI=1S/C25H24N8O/c1-32-6-3-19(4-7-32)33-15-18(11-30-33)25(34)31-24-9-16-8-17(10-28-22(16)14-29-24)21-12-26-13-23-20(21)2-5-27-23/h2,5,8-15,19,27H,3-4,6-7H2,1H3,(H,29,31,34). The summed E-state index contributed by atoms with van der Waals surface area (Å²) in [6, 6.07) is 6.25. The smallest absolute Gasteiger partial charge is 0.260 e. The Balaban J connectivity index is 1.24. The largest absolute Gasteiger partial charge is 0.360 e. The quantitative estimate of drug-likeness (QED) is 0.429. The van der Waals surface area contributed by atoms with Crippen molar-refractivity contribution in [3.8, 4) is 11.1 Å². The Morgan fingerprint density at radius 1 is 1.09 bits per heavy atom. The van der Waals surface area contributed by atoms with Gasteiger partial charge in [0.2, 0.25) is 0 Å². The fraction of sp³-hybridized carbons (Fsp3) is 0.240. The van der Waals surface area contributed by atoms with Crippen molar-refractivity contribution < 1.29 is 4.79 Å². The number of fused-ring (bicyclic) bond motifs is 2. The molecule has 0 spiro atoms. The topological polar surface area (TPSA) is 105 Å². The molecule has 0 radical (unpaired) electrons. The number of hydrogen-bond donors (Lipinski definition) is 2. The highest BCUT2D eigenvalue weighted by atomic mass is 16.1. The van der Waals surface area contributed by atoms with Crippen LogP contribution in [0, 0.1) is 0 Å². The van der Waals surface area contributed by atoms with E-state index in [1.807, 2.05) is 47.7 Å². The average molecular weight is 453 g/mol. The summed E-state index contributed by atoms with van der Waals surface area (Å²) in [4.78, 5) is 31.6. The number of carbonyl (C=O) groups excluding carboxylic acids is 1. The number of rotatable bonds is 4. The van der Waals surface area contributed by atoms with Gasteiger partial charge in [0.05, 0.1) is 41.2 Å². The Bertz CT molecular complexity index is 1500. The predicted octanol–water partition coefficient (Wildman–Crippen LogP) is 3.89. The summed E-state index contributed by atoms with van der Waals surface area (Å²) in [6.45, 7) is 2.08. The minimum absolute atomic E-state index is 0.226. The molecule has 34 heavy (non-hydrogen) atoms. The lowest BCUT2D eigenvalue weighted by atomic mass is 10.0. The number of H-pyrrole nitrogens is 1. The molecule has 5 aromatic rings. The zero-order valence-corrected chi connectivity index (χ0v) is 18.8. The van der Waals surface area contributed by atoms with E-state index < -0.39 is 0 Å². The van der Waals surface area contributed by atoms with Crippen molar-refractivity contribution >= 4 is 33.5 Å². The van der Waals surface area contributed by atoms with E-state index in [2.05, 4.69) is 42.3 Å². The number of amides is 1. The summed E-state index contributed by atoms with van der Waals surface area (Å²) < 4.78 is 1.92. The van der Waals surface area contributed by atoms with Crippen molar-refractivity contribution in [2.24, 2.45) is 0 Å². The van der Waals surface area contributed by atoms with Crippen LogP contribution in [0.2, 0.25) is 0 Å². The molecule has 2 N–H and O–H groups in total. The first-order valence-corrected chi connectivity index (χ1v) is 11.4. The van der Waals surface area contributed by atoms with Gasteiger partial charge in [0.15, 0.2) is 0 Å². The van der Waals surface area contributed by atoms with Gasteiger partial charge < -0.3 is 15.2 Å². The lowest BCUT2D eigenvalue weighted by Crippen LogP contribution is -2.31. The van der Waals surface area contributed by atoms with E-state index in [1.54, 1.807) is 18.6 Å². The SMILES string of the molecule is CN1CCC(n2cc(C(=O)Nc3cc4cc(-c5cncc6[nH]ccc56)cnc4cn3)cn2)CC1. The number of nitrogens with zero attached hydrogens (tertiary/aromatic N) is 6. The van der Waals surface area contributed by atoms with Gasteiger partial charge in [-0.25, -0.2) is 4.98 Å². The molecule has 9 heteroatoms. The van der Waals surface area contributed by atoms with Crippen molar-refractivity contribution in [2.45, 2.75) is 18.9 Å². The molecule has 0 aromatic carbocycles. The minimum Gasteiger partial charge on any atom is -0.360 e. The minimum atomic E-state index is -0.226. The number of likely N-dealkylation sites (tertiary alicyclic amines) is 1. The first kappa shape index (κ1) is 20.5. The molecule has 1 saturated heterocycles. The maximum absolute atomic E-state index is 12.9. The third-order valence-electron chi connectivity index (χ3n) is 6.52. The predicted molar refractivity (Wildman–Crippen MR) is 131 cm³/mol. The molecule has 0 saturated carbocycles. The summed E-state index contributed by atoms with van der Waals surface area (Å²) in [5.41, 5.74) is 4.20.